The van der Waals surface area contributed by atoms with E-state index in [4.69, 9.17) is 0 Å². The molecule has 0 spiro atoms. The molecular formula is C22H21N. The number of allylic oxidation sites excluding steroid dienone is 4. The highest BCUT2D eigenvalue weighted by molar-refractivity contribution is 6.13. The molecule has 0 unspecified atom stereocenters. The third kappa shape index (κ3) is 2.78. The van der Waals surface area contributed by atoms with Crippen molar-refractivity contribution in [3.05, 3.63) is 91.2 Å². The average molecular weight is 299 g/mol. The lowest BCUT2D eigenvalue weighted by atomic mass is 9.99. The Kier molecular flexibility index (Phi) is 4.29. The molecule has 0 aliphatic rings. The summed E-state index contributed by atoms with van der Waals surface area (Å²) in [7, 11) is 2.11. The molecule has 0 N–H and O–H groups in total. The third-order valence-corrected chi connectivity index (χ3v) is 4.19. The molecule has 0 heterocycles. The summed E-state index contributed by atoms with van der Waals surface area (Å²) in [6.45, 7) is 5.82. The van der Waals surface area contributed by atoms with E-state index in [1.165, 1.54) is 27.2 Å². The van der Waals surface area contributed by atoms with Gasteiger partial charge in [0.25, 0.3) is 0 Å². The normalized spacial score (nSPS) is 12.2. The van der Waals surface area contributed by atoms with Crippen LogP contribution in [0, 0.1) is 0 Å². The van der Waals surface area contributed by atoms with Gasteiger partial charge in [-0.2, -0.15) is 0 Å². The topological polar surface area (TPSA) is 3.24 Å². The summed E-state index contributed by atoms with van der Waals surface area (Å²) in [5.41, 5.74) is 2.35. The quantitative estimate of drug-likeness (QED) is 0.417. The van der Waals surface area contributed by atoms with Crippen LogP contribution in [0.1, 0.15) is 6.92 Å². The molecule has 0 radical (unpaired) electrons. The molecule has 0 aromatic heterocycles. The highest BCUT2D eigenvalue weighted by Crippen LogP contribution is 2.34. The number of hydrogen-bond donors (Lipinski definition) is 0. The second kappa shape index (κ2) is 6.53. The Morgan fingerprint density at radius 1 is 0.957 bits per heavy atom. The van der Waals surface area contributed by atoms with Crippen LogP contribution in [0.25, 0.3) is 21.5 Å². The van der Waals surface area contributed by atoms with Crippen molar-refractivity contribution < 1.29 is 0 Å². The van der Waals surface area contributed by atoms with Crippen molar-refractivity contribution in [2.24, 2.45) is 0 Å². The maximum absolute atomic E-state index is 3.76. The van der Waals surface area contributed by atoms with Crippen molar-refractivity contribution in [1.82, 2.24) is 0 Å². The van der Waals surface area contributed by atoms with Crippen LogP contribution in [0.4, 0.5) is 5.69 Å². The van der Waals surface area contributed by atoms with Crippen molar-refractivity contribution in [3.8, 4) is 0 Å². The van der Waals surface area contributed by atoms with Gasteiger partial charge < -0.3 is 4.90 Å². The lowest BCUT2D eigenvalue weighted by Crippen LogP contribution is -2.15. The molecule has 0 aliphatic heterocycles. The fourth-order valence-corrected chi connectivity index (χ4v) is 3.02. The lowest BCUT2D eigenvalue weighted by Gasteiger charge is -2.23. The van der Waals surface area contributed by atoms with Gasteiger partial charge in [0, 0.05) is 23.8 Å². The number of likely N-dealkylation sites (N-methyl/N-ethyl adjacent to an activating group) is 1. The van der Waals surface area contributed by atoms with Crippen molar-refractivity contribution in [2.75, 3.05) is 11.9 Å². The van der Waals surface area contributed by atoms with Gasteiger partial charge in [-0.15, -0.1) is 0 Å². The fraction of sp³-hybridized carbons (Fsp3) is 0.0909. The number of nitrogens with zero attached hydrogens (tertiary/aromatic N) is 1. The van der Waals surface area contributed by atoms with Crippen LogP contribution >= 0.6 is 0 Å². The second-order valence-corrected chi connectivity index (χ2v) is 5.53. The third-order valence-electron chi connectivity index (χ3n) is 4.19. The monoisotopic (exact) mass is 299 g/mol. The Labute approximate surface area is 137 Å². The highest BCUT2D eigenvalue weighted by atomic mass is 15.1. The summed E-state index contributed by atoms with van der Waals surface area (Å²) in [6.07, 6.45) is 7.96. The van der Waals surface area contributed by atoms with Gasteiger partial charge in [0.15, 0.2) is 0 Å². The van der Waals surface area contributed by atoms with E-state index in [0.717, 1.165) is 5.70 Å². The van der Waals surface area contributed by atoms with Crippen molar-refractivity contribution in [3.63, 3.8) is 0 Å². The number of fused-ring (bicyclic) bond motifs is 3. The first kappa shape index (κ1) is 15.1. The van der Waals surface area contributed by atoms with Crippen LogP contribution < -0.4 is 4.90 Å². The summed E-state index contributed by atoms with van der Waals surface area (Å²) in [5, 5.41) is 5.11. The van der Waals surface area contributed by atoms with Gasteiger partial charge in [0.2, 0.25) is 0 Å². The van der Waals surface area contributed by atoms with E-state index in [0.29, 0.717) is 0 Å². The molecule has 23 heavy (non-hydrogen) atoms. The second-order valence-electron chi connectivity index (χ2n) is 5.53. The Hall–Kier alpha value is -2.80. The van der Waals surface area contributed by atoms with Crippen LogP contribution in [0.3, 0.4) is 0 Å². The molecule has 0 amide bonds. The Morgan fingerprint density at radius 2 is 1.61 bits per heavy atom. The Bertz CT molecular complexity index is 916. The molecule has 0 bridgehead atoms. The van der Waals surface area contributed by atoms with Gasteiger partial charge in [0.1, 0.15) is 0 Å². The van der Waals surface area contributed by atoms with Gasteiger partial charge >= 0.3 is 0 Å². The smallest absolute Gasteiger partial charge is 0.0494 e. The van der Waals surface area contributed by atoms with Crippen LogP contribution in [-0.4, -0.2) is 7.05 Å². The first-order chi connectivity index (χ1) is 11.3. The lowest BCUT2D eigenvalue weighted by molar-refractivity contribution is 1.14. The molecule has 0 saturated carbocycles. The Balaban J connectivity index is 2.27. The molecule has 0 aliphatic carbocycles. The highest BCUT2D eigenvalue weighted by Gasteiger charge is 2.11. The predicted octanol–water partition coefficient (Wildman–Crippen LogP) is 6.08. The summed E-state index contributed by atoms with van der Waals surface area (Å²) < 4.78 is 0. The minimum absolute atomic E-state index is 1.14. The van der Waals surface area contributed by atoms with Crippen molar-refractivity contribution in [1.29, 1.82) is 0 Å². The predicted molar refractivity (Wildman–Crippen MR) is 103 cm³/mol. The van der Waals surface area contributed by atoms with E-state index in [-0.39, 0.29) is 0 Å². The molecule has 1 heteroatoms. The van der Waals surface area contributed by atoms with Crippen molar-refractivity contribution >= 4 is 27.2 Å². The number of benzene rings is 3. The minimum atomic E-state index is 1.14. The Morgan fingerprint density at radius 3 is 2.30 bits per heavy atom. The summed E-state index contributed by atoms with van der Waals surface area (Å²) in [5.74, 6) is 0. The maximum Gasteiger partial charge on any atom is 0.0494 e. The van der Waals surface area contributed by atoms with E-state index in [1.54, 1.807) is 6.08 Å². The van der Waals surface area contributed by atoms with Crippen molar-refractivity contribution in [2.45, 2.75) is 6.92 Å². The SMILES string of the molecule is C=C/C=C\C(=C/C)N(C)c1cc2ccccc2c2ccccc12. The van der Waals surface area contributed by atoms with Gasteiger partial charge in [0.05, 0.1) is 0 Å². The summed E-state index contributed by atoms with van der Waals surface area (Å²) in [6, 6.07) is 19.4. The number of rotatable bonds is 4. The summed E-state index contributed by atoms with van der Waals surface area (Å²) in [4.78, 5) is 2.23. The van der Waals surface area contributed by atoms with E-state index in [2.05, 4.69) is 92.2 Å². The van der Waals surface area contributed by atoms with Crippen LogP contribution in [0.2, 0.25) is 0 Å². The van der Waals surface area contributed by atoms with Crippen LogP contribution in [-0.2, 0) is 0 Å². The minimum Gasteiger partial charge on any atom is -0.344 e. The molecule has 3 rings (SSSR count). The van der Waals surface area contributed by atoms with Gasteiger partial charge in [-0.25, -0.2) is 0 Å². The first-order valence-electron chi connectivity index (χ1n) is 7.86. The summed E-state index contributed by atoms with van der Waals surface area (Å²) >= 11 is 0. The van der Waals surface area contributed by atoms with Gasteiger partial charge in [-0.1, -0.05) is 73.3 Å². The van der Waals surface area contributed by atoms with E-state index >= 15 is 0 Å². The van der Waals surface area contributed by atoms with E-state index in [1.807, 2.05) is 6.08 Å². The molecule has 0 atom stereocenters. The first-order valence-corrected chi connectivity index (χ1v) is 7.86. The molecule has 0 saturated heterocycles. The number of hydrogen-bond acceptors (Lipinski definition) is 1. The zero-order valence-electron chi connectivity index (χ0n) is 13.7. The van der Waals surface area contributed by atoms with E-state index < -0.39 is 0 Å². The molecule has 3 aromatic carbocycles. The molecule has 114 valence electrons. The zero-order chi connectivity index (χ0) is 16.2. The average Bonchev–Trinajstić information content (AvgIpc) is 2.61. The molecule has 0 fully saturated rings. The van der Waals surface area contributed by atoms with Crippen LogP contribution in [0.15, 0.2) is 91.2 Å². The van der Waals surface area contributed by atoms with Crippen LogP contribution in [0.5, 0.6) is 0 Å². The molecule has 1 nitrogen and oxygen atoms in total. The zero-order valence-corrected chi connectivity index (χ0v) is 13.7. The molecule has 3 aromatic rings. The fourth-order valence-electron chi connectivity index (χ4n) is 3.02. The van der Waals surface area contributed by atoms with Gasteiger partial charge in [-0.3, -0.25) is 0 Å². The maximum atomic E-state index is 3.76. The standard InChI is InChI=1S/C22H21N/c1-4-6-12-18(5-2)23(3)22-16-17-11-7-8-13-19(17)20-14-9-10-15-21(20)22/h4-16H,1H2,2-3H3/b12-6-,18-5+. The van der Waals surface area contributed by atoms with Gasteiger partial charge in [-0.05, 0) is 35.2 Å². The van der Waals surface area contributed by atoms with E-state index in [9.17, 15) is 0 Å². The largest absolute Gasteiger partial charge is 0.344 e. The number of anilines is 1. The molecular weight excluding hydrogens is 278 g/mol.